The van der Waals surface area contributed by atoms with Gasteiger partial charge in [0.25, 0.3) is 0 Å². The number of rotatable bonds is 19. The minimum absolute atomic E-state index is 0.0981. The van der Waals surface area contributed by atoms with Crippen molar-refractivity contribution in [2.24, 2.45) is 11.8 Å². The number of esters is 4. The van der Waals surface area contributed by atoms with E-state index in [1.54, 1.807) is 27.7 Å². The summed E-state index contributed by atoms with van der Waals surface area (Å²) in [7, 11) is 0. The van der Waals surface area contributed by atoms with Crippen LogP contribution in [0.25, 0.3) is 0 Å². The summed E-state index contributed by atoms with van der Waals surface area (Å²) >= 11 is 0. The molecule has 0 aromatic heterocycles. The number of hydrogen-bond donors (Lipinski definition) is 10. The molecule has 89 heavy (non-hydrogen) atoms. The Morgan fingerprint density at radius 3 is 1.71 bits per heavy atom. The molecule has 0 spiro atoms. The Morgan fingerprint density at radius 2 is 1.09 bits per heavy atom. The number of aliphatic hydroxyl groups is 10. The molecule has 0 aromatic carbocycles. The van der Waals surface area contributed by atoms with Crippen molar-refractivity contribution in [2.45, 2.75) is 318 Å². The van der Waals surface area contributed by atoms with Crippen LogP contribution in [0.15, 0.2) is 11.6 Å². The highest BCUT2D eigenvalue weighted by Gasteiger charge is 2.60. The fraction of sp³-hybridized carbons (Fsp3) is 0.902. The summed E-state index contributed by atoms with van der Waals surface area (Å²) in [6.07, 6.45) is -35.2. The zero-order valence-corrected chi connectivity index (χ0v) is 52.8. The summed E-state index contributed by atoms with van der Waals surface area (Å²) in [5, 5.41) is 113. The van der Waals surface area contributed by atoms with E-state index in [0.717, 1.165) is 51.4 Å². The van der Waals surface area contributed by atoms with Crippen molar-refractivity contribution < 1.29 is 137 Å². The van der Waals surface area contributed by atoms with Gasteiger partial charge in [0, 0.05) is 12.0 Å². The highest BCUT2D eigenvalue weighted by atomic mass is 16.8. The second-order valence-corrected chi connectivity index (χ2v) is 24.4. The maximum absolute atomic E-state index is 14.3. The third-order valence-electron chi connectivity index (χ3n) is 17.8. The molecular formula is C61H102O28. The van der Waals surface area contributed by atoms with Gasteiger partial charge in [0.15, 0.2) is 55.9 Å². The van der Waals surface area contributed by atoms with Crippen LogP contribution in [0.5, 0.6) is 0 Å². The van der Waals surface area contributed by atoms with E-state index in [2.05, 4.69) is 6.92 Å². The largest absolute Gasteiger partial charge is 0.455 e. The lowest BCUT2D eigenvalue weighted by atomic mass is 9.94. The zero-order valence-electron chi connectivity index (χ0n) is 52.8. The van der Waals surface area contributed by atoms with Crippen molar-refractivity contribution in [1.29, 1.82) is 0 Å². The molecule has 2 bridgehead atoms. The van der Waals surface area contributed by atoms with Crippen LogP contribution in [0.1, 0.15) is 159 Å². The summed E-state index contributed by atoms with van der Waals surface area (Å²) in [6.45, 7) is 11.7. The van der Waals surface area contributed by atoms with Gasteiger partial charge < -0.3 is 117 Å². The van der Waals surface area contributed by atoms with Crippen LogP contribution in [-0.4, -0.2) is 254 Å². The summed E-state index contributed by atoms with van der Waals surface area (Å²) in [4.78, 5) is 55.8. The molecule has 6 aliphatic rings. The van der Waals surface area contributed by atoms with Crippen molar-refractivity contribution >= 4 is 23.9 Å². The lowest BCUT2D eigenvalue weighted by Crippen LogP contribution is -2.69. The Kier molecular flexibility index (Phi) is 30.2. The smallest absolute Gasteiger partial charge is 0.333 e. The van der Waals surface area contributed by atoms with Gasteiger partial charge in [-0.15, -0.1) is 0 Å². The fourth-order valence-corrected chi connectivity index (χ4v) is 11.4. The minimum atomic E-state index is -2.08. The number of allylic oxidation sites excluding steroid dienone is 1. The van der Waals surface area contributed by atoms with Gasteiger partial charge in [0.1, 0.15) is 85.5 Å². The number of carbonyl (C=O) groups is 4. The number of carbonyl (C=O) groups excluding carboxylic acids is 4. The van der Waals surface area contributed by atoms with Crippen LogP contribution < -0.4 is 0 Å². The predicted octanol–water partition coefficient (Wildman–Crippen LogP) is 0.890. The van der Waals surface area contributed by atoms with Crippen LogP contribution in [0.3, 0.4) is 0 Å². The number of aliphatic hydroxyl groups excluding tert-OH is 10. The Bertz CT molecular complexity index is 2190. The standard InChI is InChI=1S/C61H102O28/c1-10-14-20-23-34-24-21-18-16-15-17-19-22-25-38(65)82-51-47(84-55(74)30(6)12-3)41(68)36(27-63)80-60(51)86-48-42(69)37(28-64)81-61(87-49-44(71)39(66)32(8)76-58(49)78-34)52(48)89-59-53(85-56(75)31(7)13-4)50(46(33(9)77-59)83-54(73)29(5)11-2)88-57-45(72)43(70)40(67)35(26-62)79-57/h11,30-37,39-53,57-64,66-72H,10,12-28H2,1-9H3/t30-,31-,32+,33-,34-,35+,36+,37+,39+,40+,41+,42+,43-,44-,45+,46-,47-,48-,49+,50+,51+,52+,53+,57-,58-,59-,60-,61-/m0/s1. The topological polar surface area (TPSA) is 400 Å². The molecule has 6 heterocycles. The van der Waals surface area contributed by atoms with Gasteiger partial charge >= 0.3 is 23.9 Å². The first-order valence-corrected chi connectivity index (χ1v) is 32.0. The first-order chi connectivity index (χ1) is 42.5. The van der Waals surface area contributed by atoms with Gasteiger partial charge in [-0.2, -0.15) is 0 Å². The maximum atomic E-state index is 14.3. The summed E-state index contributed by atoms with van der Waals surface area (Å²) in [6, 6.07) is 0. The Labute approximate surface area is 520 Å². The Hall–Kier alpha value is -3.18. The monoisotopic (exact) mass is 1280 g/mol. The van der Waals surface area contributed by atoms with E-state index in [0.29, 0.717) is 25.7 Å². The van der Waals surface area contributed by atoms with Gasteiger partial charge in [-0.1, -0.05) is 98.5 Å². The molecule has 514 valence electrons. The third kappa shape index (κ3) is 19.3. The van der Waals surface area contributed by atoms with Gasteiger partial charge in [-0.3, -0.25) is 14.4 Å². The molecular weight excluding hydrogens is 1180 g/mol. The van der Waals surface area contributed by atoms with Gasteiger partial charge in [-0.05, 0) is 59.8 Å². The lowest BCUT2D eigenvalue weighted by molar-refractivity contribution is -0.413. The van der Waals surface area contributed by atoms with Crippen LogP contribution in [0, 0.1) is 11.8 Å². The molecule has 0 radical (unpaired) electrons. The molecule has 6 aliphatic heterocycles. The molecule has 6 fully saturated rings. The highest BCUT2D eigenvalue weighted by Crippen LogP contribution is 2.40. The van der Waals surface area contributed by atoms with Crippen molar-refractivity contribution in [3.05, 3.63) is 11.6 Å². The molecule has 28 atom stereocenters. The van der Waals surface area contributed by atoms with Crippen molar-refractivity contribution in [1.82, 2.24) is 0 Å². The van der Waals surface area contributed by atoms with Gasteiger partial charge in [0.2, 0.25) is 0 Å². The third-order valence-corrected chi connectivity index (χ3v) is 17.8. The molecule has 6 rings (SSSR count). The predicted molar refractivity (Wildman–Crippen MR) is 306 cm³/mol. The molecule has 0 saturated carbocycles. The molecule has 0 aromatic rings. The van der Waals surface area contributed by atoms with E-state index in [-0.39, 0.29) is 24.8 Å². The van der Waals surface area contributed by atoms with Crippen molar-refractivity contribution in [2.75, 3.05) is 19.8 Å². The summed E-state index contributed by atoms with van der Waals surface area (Å²) in [5.74, 6) is -5.12. The quantitative estimate of drug-likeness (QED) is 0.0371. The molecule has 10 N–H and O–H groups in total. The van der Waals surface area contributed by atoms with E-state index in [9.17, 15) is 70.2 Å². The Balaban J connectivity index is 1.57. The number of fused-ring (bicyclic) bond motifs is 4. The van der Waals surface area contributed by atoms with Crippen molar-refractivity contribution in [3.63, 3.8) is 0 Å². The van der Waals surface area contributed by atoms with Crippen LogP contribution in [0.4, 0.5) is 0 Å². The van der Waals surface area contributed by atoms with E-state index < -0.39 is 215 Å². The zero-order chi connectivity index (χ0) is 65.4. The maximum Gasteiger partial charge on any atom is 0.333 e. The average Bonchev–Trinajstić information content (AvgIpc) is 0.992. The van der Waals surface area contributed by atoms with Gasteiger partial charge in [0.05, 0.1) is 50.0 Å². The molecule has 28 heteroatoms. The average molecular weight is 1280 g/mol. The van der Waals surface area contributed by atoms with Crippen LogP contribution in [0.2, 0.25) is 0 Å². The first kappa shape index (κ1) is 74.9. The van der Waals surface area contributed by atoms with E-state index in [1.165, 1.54) is 33.8 Å². The number of ether oxygens (including phenoxy) is 14. The SMILES string of the molecule is CC=C(C)C(=O)O[C@@H]1[C@@H](O[C@@H]2O[C@H](CO)[C@@H](O)[C@H](O)[C@H]2O)[C@@H](OC(=O)[C@@H](C)CC)[C@H](O[C@H]2[C@@H]3O[C@H]4[C@H](O[C@@H](CCCCC)CCCCCCCCCC(=O)O[C@H]5[C@H](O[C@H]2[C@H](O)[C@@H](CO)O3)O[C@H](CO)[C@@H](O)[C@@H]5OC(=O)[C@@H](C)CC)O[C@H](C)[C@@H](O)[C@@H]4O)O[C@H]1C. The minimum Gasteiger partial charge on any atom is -0.455 e. The van der Waals surface area contributed by atoms with E-state index in [1.807, 2.05) is 0 Å². The second-order valence-electron chi connectivity index (χ2n) is 24.4. The molecule has 6 saturated heterocycles. The molecule has 0 unspecified atom stereocenters. The van der Waals surface area contributed by atoms with Gasteiger partial charge in [-0.25, -0.2) is 4.79 Å². The molecule has 28 nitrogen and oxygen atoms in total. The van der Waals surface area contributed by atoms with Crippen LogP contribution >= 0.6 is 0 Å². The molecule has 0 amide bonds. The number of unbranched alkanes of at least 4 members (excludes halogenated alkanes) is 2. The van der Waals surface area contributed by atoms with Crippen LogP contribution in [-0.2, 0) is 85.5 Å². The first-order valence-electron chi connectivity index (χ1n) is 32.0. The normalized spacial score (nSPS) is 41.6. The summed E-state index contributed by atoms with van der Waals surface area (Å²) in [5.41, 5.74) is 0.0981. The van der Waals surface area contributed by atoms with E-state index >= 15 is 0 Å². The van der Waals surface area contributed by atoms with Crippen molar-refractivity contribution in [3.8, 4) is 0 Å². The number of hydrogen-bond acceptors (Lipinski definition) is 28. The lowest BCUT2D eigenvalue weighted by Gasteiger charge is -2.52. The van der Waals surface area contributed by atoms with E-state index in [4.69, 9.17) is 66.3 Å². The second kappa shape index (κ2) is 35.9. The molecule has 0 aliphatic carbocycles. The Morgan fingerprint density at radius 1 is 0.528 bits per heavy atom. The fourth-order valence-electron chi connectivity index (χ4n) is 11.4. The highest BCUT2D eigenvalue weighted by molar-refractivity contribution is 5.87. The summed E-state index contributed by atoms with van der Waals surface area (Å²) < 4.78 is 89.0.